The lowest BCUT2D eigenvalue weighted by molar-refractivity contribution is -0.141. The molecule has 1 atom stereocenters. The first-order valence-corrected chi connectivity index (χ1v) is 4.68. The Bertz CT molecular complexity index is 313. The zero-order valence-electron chi connectivity index (χ0n) is 8.86. The molecular weight excluding hydrogens is 194 g/mol. The fourth-order valence-electron chi connectivity index (χ4n) is 1.58. The van der Waals surface area contributed by atoms with Gasteiger partial charge in [0, 0.05) is 19.2 Å². The summed E-state index contributed by atoms with van der Waals surface area (Å²) in [5, 5.41) is 10.1. The summed E-state index contributed by atoms with van der Waals surface area (Å²) < 4.78 is 4.66. The van der Waals surface area contributed by atoms with E-state index >= 15 is 0 Å². The van der Waals surface area contributed by atoms with Crippen LogP contribution in [-0.4, -0.2) is 31.3 Å². The van der Waals surface area contributed by atoms with Crippen LogP contribution in [0.3, 0.4) is 0 Å². The van der Waals surface area contributed by atoms with Gasteiger partial charge in [-0.15, -0.1) is 0 Å². The summed E-state index contributed by atoms with van der Waals surface area (Å²) in [4.78, 5) is 11.2. The van der Waals surface area contributed by atoms with E-state index in [9.17, 15) is 4.79 Å². The number of nitrogens with one attached hydrogen (secondary N) is 1. The third-order valence-corrected chi connectivity index (χ3v) is 2.26. The predicted octanol–water partition coefficient (Wildman–Crippen LogP) is 0.805. The Labute approximate surface area is 88.9 Å². The van der Waals surface area contributed by atoms with E-state index in [1.54, 1.807) is 0 Å². The molecule has 2 N–H and O–H groups in total. The number of hydrogen-bond acceptors (Lipinski definition) is 4. The number of carbonyl (C=O) groups is 1. The number of para-hydroxylation sites is 1. The van der Waals surface area contributed by atoms with Crippen molar-refractivity contribution in [3.05, 3.63) is 29.8 Å². The van der Waals surface area contributed by atoms with Gasteiger partial charge in [0.1, 0.15) is 6.04 Å². The van der Waals surface area contributed by atoms with Crippen molar-refractivity contribution in [1.29, 1.82) is 0 Å². The molecule has 0 saturated carbocycles. The average molecular weight is 209 g/mol. The molecule has 1 heterocycles. The van der Waals surface area contributed by atoms with E-state index in [-0.39, 0.29) is 12.0 Å². The molecule has 1 aromatic carbocycles. The maximum Gasteiger partial charge on any atom is 0.328 e. The molecule has 0 radical (unpaired) electrons. The van der Waals surface area contributed by atoms with Crippen molar-refractivity contribution in [1.82, 2.24) is 0 Å². The molecule has 1 aromatic rings. The van der Waals surface area contributed by atoms with Gasteiger partial charge in [0.2, 0.25) is 0 Å². The first-order chi connectivity index (χ1) is 7.31. The number of fused-ring (bicyclic) bond motifs is 1. The van der Waals surface area contributed by atoms with Crippen LogP contribution in [0.15, 0.2) is 24.3 Å². The predicted molar refractivity (Wildman–Crippen MR) is 57.7 cm³/mol. The maximum atomic E-state index is 11.2. The van der Waals surface area contributed by atoms with Gasteiger partial charge in [-0.25, -0.2) is 4.79 Å². The van der Waals surface area contributed by atoms with Crippen molar-refractivity contribution >= 4 is 11.7 Å². The van der Waals surface area contributed by atoms with Crippen LogP contribution in [0.1, 0.15) is 5.56 Å². The third kappa shape index (κ3) is 2.47. The number of aliphatic hydroxyl groups is 1. The van der Waals surface area contributed by atoms with E-state index in [0.717, 1.165) is 19.2 Å². The number of aliphatic hydroxyl groups excluding tert-OH is 1. The Hall–Kier alpha value is -1.55. The third-order valence-electron chi connectivity index (χ3n) is 2.26. The van der Waals surface area contributed by atoms with E-state index in [1.807, 2.05) is 24.3 Å². The lowest BCUT2D eigenvalue weighted by Gasteiger charge is -2.07. The van der Waals surface area contributed by atoms with E-state index in [2.05, 4.69) is 10.1 Å². The number of carbonyl (C=O) groups excluding carboxylic acids is 1. The summed E-state index contributed by atoms with van der Waals surface area (Å²) in [6, 6.07) is 7.71. The number of esters is 1. The lowest BCUT2D eigenvalue weighted by atomic mass is 10.1. The number of methoxy groups -OCH3 is 1. The normalized spacial score (nSPS) is 16.9. The van der Waals surface area contributed by atoms with Gasteiger partial charge in [-0.1, -0.05) is 18.2 Å². The molecule has 1 unspecified atom stereocenters. The van der Waals surface area contributed by atoms with E-state index < -0.39 is 0 Å². The molecule has 1 aliphatic rings. The molecule has 0 spiro atoms. The number of hydrogen-bond donors (Lipinski definition) is 2. The quantitative estimate of drug-likeness (QED) is 0.672. The summed E-state index contributed by atoms with van der Waals surface area (Å²) in [7, 11) is 2.41. The van der Waals surface area contributed by atoms with Crippen LogP contribution in [0.25, 0.3) is 0 Å². The first-order valence-electron chi connectivity index (χ1n) is 4.68. The van der Waals surface area contributed by atoms with Gasteiger partial charge in [0.05, 0.1) is 7.11 Å². The minimum absolute atomic E-state index is 0.198. The molecule has 15 heavy (non-hydrogen) atoms. The average Bonchev–Trinajstić information content (AvgIpc) is 2.74. The topological polar surface area (TPSA) is 58.6 Å². The van der Waals surface area contributed by atoms with Crippen molar-refractivity contribution in [3.63, 3.8) is 0 Å². The van der Waals surface area contributed by atoms with Crippen LogP contribution in [0.4, 0.5) is 5.69 Å². The van der Waals surface area contributed by atoms with Crippen LogP contribution < -0.4 is 5.32 Å². The second kappa shape index (κ2) is 5.36. The molecule has 4 nitrogen and oxygen atoms in total. The highest BCUT2D eigenvalue weighted by molar-refractivity contribution is 5.82. The summed E-state index contributed by atoms with van der Waals surface area (Å²) in [5.41, 5.74) is 2.22. The van der Waals surface area contributed by atoms with Crippen molar-refractivity contribution in [3.8, 4) is 0 Å². The Morgan fingerprint density at radius 2 is 2.13 bits per heavy atom. The molecule has 0 bridgehead atoms. The first kappa shape index (κ1) is 11.5. The number of benzene rings is 1. The largest absolute Gasteiger partial charge is 0.467 e. The maximum absolute atomic E-state index is 11.2. The lowest BCUT2D eigenvalue weighted by Crippen LogP contribution is -2.27. The van der Waals surface area contributed by atoms with Crippen LogP contribution in [0.5, 0.6) is 0 Å². The van der Waals surface area contributed by atoms with Crippen molar-refractivity contribution in [2.24, 2.45) is 0 Å². The molecule has 0 amide bonds. The Kier molecular flexibility index (Phi) is 4.12. The molecule has 0 fully saturated rings. The molecule has 0 aliphatic carbocycles. The number of rotatable bonds is 1. The highest BCUT2D eigenvalue weighted by atomic mass is 16.5. The zero-order chi connectivity index (χ0) is 11.3. The molecular formula is C11H15NO3. The van der Waals surface area contributed by atoms with Crippen molar-refractivity contribution in [2.75, 3.05) is 19.5 Å². The smallest absolute Gasteiger partial charge is 0.328 e. The van der Waals surface area contributed by atoms with Gasteiger partial charge in [-0.3, -0.25) is 0 Å². The van der Waals surface area contributed by atoms with Crippen LogP contribution >= 0.6 is 0 Å². The van der Waals surface area contributed by atoms with E-state index in [1.165, 1.54) is 12.7 Å². The van der Waals surface area contributed by atoms with Gasteiger partial charge < -0.3 is 15.2 Å². The van der Waals surface area contributed by atoms with Crippen molar-refractivity contribution in [2.45, 2.75) is 12.5 Å². The minimum Gasteiger partial charge on any atom is -0.467 e. The van der Waals surface area contributed by atoms with E-state index in [0.29, 0.717) is 0 Å². The molecule has 4 heteroatoms. The molecule has 0 aromatic heterocycles. The Morgan fingerprint density at radius 3 is 2.73 bits per heavy atom. The Balaban J connectivity index is 0.000000531. The minimum atomic E-state index is -0.206. The van der Waals surface area contributed by atoms with Gasteiger partial charge in [-0.05, 0) is 11.6 Å². The van der Waals surface area contributed by atoms with E-state index in [4.69, 9.17) is 5.11 Å². The van der Waals surface area contributed by atoms with Crippen LogP contribution in [0.2, 0.25) is 0 Å². The fourth-order valence-corrected chi connectivity index (χ4v) is 1.58. The summed E-state index contributed by atoms with van der Waals surface area (Å²) in [5.74, 6) is -0.198. The summed E-state index contributed by atoms with van der Waals surface area (Å²) >= 11 is 0. The number of ether oxygens (including phenoxy) is 1. The number of anilines is 1. The molecule has 0 saturated heterocycles. The van der Waals surface area contributed by atoms with Gasteiger partial charge >= 0.3 is 5.97 Å². The second-order valence-corrected chi connectivity index (χ2v) is 3.08. The highest BCUT2D eigenvalue weighted by Crippen LogP contribution is 2.25. The Morgan fingerprint density at radius 1 is 1.47 bits per heavy atom. The molecule has 82 valence electrons. The van der Waals surface area contributed by atoms with Crippen LogP contribution in [0, 0.1) is 0 Å². The summed E-state index contributed by atoms with van der Waals surface area (Å²) in [6.45, 7) is 0. The summed E-state index contributed by atoms with van der Waals surface area (Å²) in [6.07, 6.45) is 0.725. The van der Waals surface area contributed by atoms with Gasteiger partial charge in [0.25, 0.3) is 0 Å². The zero-order valence-corrected chi connectivity index (χ0v) is 8.86. The second-order valence-electron chi connectivity index (χ2n) is 3.08. The molecule has 2 rings (SSSR count). The fraction of sp³-hybridized carbons (Fsp3) is 0.364. The van der Waals surface area contributed by atoms with Gasteiger partial charge in [0.15, 0.2) is 0 Å². The van der Waals surface area contributed by atoms with Gasteiger partial charge in [-0.2, -0.15) is 0 Å². The highest BCUT2D eigenvalue weighted by Gasteiger charge is 2.26. The monoisotopic (exact) mass is 209 g/mol. The standard InChI is InChI=1S/C10H11NO2.CH4O/c1-13-10(12)9-6-7-4-2-3-5-8(7)11-9;1-2/h2-5,9,11H,6H2,1H3;2H,1H3. The molecule has 1 aliphatic heterocycles. The van der Waals surface area contributed by atoms with Crippen molar-refractivity contribution < 1.29 is 14.6 Å². The SMILES string of the molecule is CO.COC(=O)C1Cc2ccccc2N1. The van der Waals surface area contributed by atoms with Crippen LogP contribution in [-0.2, 0) is 16.0 Å².